The fourth-order valence-corrected chi connectivity index (χ4v) is 4.13. The molecule has 0 atom stereocenters. The minimum atomic E-state index is 0.754. The number of benzene rings is 3. The zero-order valence-electron chi connectivity index (χ0n) is 14.1. The summed E-state index contributed by atoms with van der Waals surface area (Å²) in [6.45, 7) is 0.754. The SMILES string of the molecule is NCCCCc1c(-c2cccc(I)c2)[nH]c2c1ccc1ccccc12. The van der Waals surface area contributed by atoms with Crippen LogP contribution in [0.2, 0.25) is 0 Å². The molecule has 1 aromatic heterocycles. The average Bonchev–Trinajstić information content (AvgIpc) is 3.01. The minimum Gasteiger partial charge on any atom is -0.354 e. The number of halogens is 1. The highest BCUT2D eigenvalue weighted by Crippen LogP contribution is 2.35. The molecule has 0 aliphatic heterocycles. The Bertz CT molecular complexity index is 1030. The van der Waals surface area contributed by atoms with Crippen molar-refractivity contribution in [2.24, 2.45) is 5.73 Å². The molecule has 3 heteroatoms. The number of H-pyrrole nitrogens is 1. The van der Waals surface area contributed by atoms with E-state index in [1.165, 1.54) is 42.1 Å². The van der Waals surface area contributed by atoms with Crippen molar-refractivity contribution in [3.63, 3.8) is 0 Å². The number of aromatic nitrogens is 1. The lowest BCUT2D eigenvalue weighted by Crippen LogP contribution is -1.99. The Labute approximate surface area is 161 Å². The highest BCUT2D eigenvalue weighted by molar-refractivity contribution is 14.1. The molecule has 25 heavy (non-hydrogen) atoms. The van der Waals surface area contributed by atoms with Gasteiger partial charge in [-0.05, 0) is 77.0 Å². The fourth-order valence-electron chi connectivity index (χ4n) is 3.59. The maximum absolute atomic E-state index is 5.72. The second-order valence-electron chi connectivity index (χ2n) is 6.44. The number of hydrogen-bond acceptors (Lipinski definition) is 1. The summed E-state index contributed by atoms with van der Waals surface area (Å²) in [5, 5.41) is 3.90. The number of rotatable bonds is 5. The third-order valence-electron chi connectivity index (χ3n) is 4.80. The molecule has 4 aromatic rings. The smallest absolute Gasteiger partial charge is 0.0541 e. The summed E-state index contributed by atoms with van der Waals surface area (Å²) in [6, 6.07) is 21.8. The van der Waals surface area contributed by atoms with Crippen molar-refractivity contribution < 1.29 is 0 Å². The predicted octanol–water partition coefficient (Wildman–Crippen LogP) is 5.87. The van der Waals surface area contributed by atoms with Crippen LogP contribution in [0.15, 0.2) is 60.7 Å². The van der Waals surface area contributed by atoms with Crippen LogP contribution in [0.3, 0.4) is 0 Å². The Morgan fingerprint density at radius 1 is 0.880 bits per heavy atom. The predicted molar refractivity (Wildman–Crippen MR) is 116 cm³/mol. The van der Waals surface area contributed by atoms with Gasteiger partial charge in [0.1, 0.15) is 0 Å². The third-order valence-corrected chi connectivity index (χ3v) is 5.47. The molecule has 0 radical (unpaired) electrons. The average molecular weight is 440 g/mol. The molecule has 3 N–H and O–H groups in total. The van der Waals surface area contributed by atoms with Crippen LogP contribution in [0, 0.1) is 3.57 Å². The first kappa shape index (κ1) is 16.6. The number of unbranched alkanes of at least 4 members (excludes halogenated alkanes) is 1. The van der Waals surface area contributed by atoms with Gasteiger partial charge in [-0.15, -0.1) is 0 Å². The van der Waals surface area contributed by atoms with Gasteiger partial charge < -0.3 is 10.7 Å². The molecule has 0 aliphatic rings. The van der Waals surface area contributed by atoms with Gasteiger partial charge >= 0.3 is 0 Å². The summed E-state index contributed by atoms with van der Waals surface area (Å²) < 4.78 is 1.26. The molecule has 0 amide bonds. The van der Waals surface area contributed by atoms with E-state index in [0.29, 0.717) is 0 Å². The van der Waals surface area contributed by atoms with Gasteiger partial charge in [0.2, 0.25) is 0 Å². The molecule has 1 heterocycles. The second-order valence-corrected chi connectivity index (χ2v) is 7.69. The van der Waals surface area contributed by atoms with Crippen molar-refractivity contribution in [1.29, 1.82) is 0 Å². The summed E-state index contributed by atoms with van der Waals surface area (Å²) in [7, 11) is 0. The molecule has 0 unspecified atom stereocenters. The van der Waals surface area contributed by atoms with E-state index in [1.54, 1.807) is 0 Å². The lowest BCUT2D eigenvalue weighted by Gasteiger charge is -2.06. The topological polar surface area (TPSA) is 41.8 Å². The first-order chi connectivity index (χ1) is 12.3. The van der Waals surface area contributed by atoms with E-state index in [9.17, 15) is 0 Å². The van der Waals surface area contributed by atoms with E-state index in [2.05, 4.69) is 88.2 Å². The van der Waals surface area contributed by atoms with Gasteiger partial charge in [-0.25, -0.2) is 0 Å². The second kappa shape index (κ2) is 7.18. The van der Waals surface area contributed by atoms with Gasteiger partial charge in [-0.1, -0.05) is 48.5 Å². The number of nitrogens with one attached hydrogen (secondary N) is 1. The lowest BCUT2D eigenvalue weighted by atomic mass is 9.99. The first-order valence-corrected chi connectivity index (χ1v) is 9.84. The van der Waals surface area contributed by atoms with E-state index < -0.39 is 0 Å². The minimum absolute atomic E-state index is 0.754. The van der Waals surface area contributed by atoms with Crippen molar-refractivity contribution in [2.75, 3.05) is 6.54 Å². The van der Waals surface area contributed by atoms with Gasteiger partial charge in [0.15, 0.2) is 0 Å². The molecular weight excluding hydrogens is 419 g/mol. The lowest BCUT2D eigenvalue weighted by molar-refractivity contribution is 0.748. The van der Waals surface area contributed by atoms with Crippen LogP contribution in [0.4, 0.5) is 0 Å². The van der Waals surface area contributed by atoms with Crippen molar-refractivity contribution in [1.82, 2.24) is 4.98 Å². The van der Waals surface area contributed by atoms with Gasteiger partial charge in [0, 0.05) is 20.0 Å². The van der Waals surface area contributed by atoms with Gasteiger partial charge in [-0.3, -0.25) is 0 Å². The maximum Gasteiger partial charge on any atom is 0.0541 e. The van der Waals surface area contributed by atoms with Crippen molar-refractivity contribution in [3.05, 3.63) is 69.8 Å². The van der Waals surface area contributed by atoms with Crippen LogP contribution in [-0.2, 0) is 6.42 Å². The standard InChI is InChI=1S/C22H21IN2/c23-17-8-5-7-16(14-17)21-19(10-3-4-13-24)20-12-11-15-6-1-2-9-18(15)22(20)25-21/h1-2,5-9,11-12,14,25H,3-4,10,13,24H2. The summed E-state index contributed by atoms with van der Waals surface area (Å²) >= 11 is 2.38. The molecular formula is C22H21IN2. The molecule has 2 nitrogen and oxygen atoms in total. The molecule has 3 aromatic carbocycles. The van der Waals surface area contributed by atoms with Crippen LogP contribution < -0.4 is 5.73 Å². The Morgan fingerprint density at radius 3 is 2.60 bits per heavy atom. The molecule has 0 saturated heterocycles. The molecule has 0 bridgehead atoms. The molecule has 126 valence electrons. The van der Waals surface area contributed by atoms with E-state index in [-0.39, 0.29) is 0 Å². The Balaban J connectivity index is 1.95. The highest BCUT2D eigenvalue weighted by atomic mass is 127. The van der Waals surface area contributed by atoms with Gasteiger partial charge in [0.25, 0.3) is 0 Å². The van der Waals surface area contributed by atoms with E-state index >= 15 is 0 Å². The summed E-state index contributed by atoms with van der Waals surface area (Å²) in [5.41, 5.74) is 10.9. The Morgan fingerprint density at radius 2 is 1.76 bits per heavy atom. The monoisotopic (exact) mass is 440 g/mol. The molecule has 4 rings (SSSR count). The quantitative estimate of drug-likeness (QED) is 0.296. The molecule has 0 saturated carbocycles. The van der Waals surface area contributed by atoms with E-state index in [4.69, 9.17) is 5.73 Å². The first-order valence-electron chi connectivity index (χ1n) is 8.76. The van der Waals surface area contributed by atoms with Crippen LogP contribution in [0.1, 0.15) is 18.4 Å². The molecule has 0 aliphatic carbocycles. The summed E-state index contributed by atoms with van der Waals surface area (Å²) in [5.74, 6) is 0. The number of nitrogens with two attached hydrogens (primary N) is 1. The van der Waals surface area contributed by atoms with Crippen molar-refractivity contribution in [3.8, 4) is 11.3 Å². The van der Waals surface area contributed by atoms with Crippen molar-refractivity contribution >= 4 is 44.3 Å². The third kappa shape index (κ3) is 3.18. The normalized spacial score (nSPS) is 11.4. The number of fused-ring (bicyclic) bond motifs is 3. The Hall–Kier alpha value is -1.85. The van der Waals surface area contributed by atoms with Gasteiger partial charge in [0.05, 0.1) is 5.52 Å². The van der Waals surface area contributed by atoms with Crippen LogP contribution >= 0.6 is 22.6 Å². The van der Waals surface area contributed by atoms with E-state index in [0.717, 1.165) is 25.8 Å². The van der Waals surface area contributed by atoms with Crippen LogP contribution in [0.5, 0.6) is 0 Å². The zero-order chi connectivity index (χ0) is 17.2. The summed E-state index contributed by atoms with van der Waals surface area (Å²) in [6.07, 6.45) is 3.23. The summed E-state index contributed by atoms with van der Waals surface area (Å²) in [4.78, 5) is 3.74. The van der Waals surface area contributed by atoms with Crippen molar-refractivity contribution in [2.45, 2.75) is 19.3 Å². The number of hydrogen-bond donors (Lipinski definition) is 2. The number of aromatic amines is 1. The maximum atomic E-state index is 5.72. The molecule has 0 fully saturated rings. The fraction of sp³-hybridized carbons (Fsp3) is 0.182. The van der Waals surface area contributed by atoms with Crippen LogP contribution in [-0.4, -0.2) is 11.5 Å². The van der Waals surface area contributed by atoms with E-state index in [1.807, 2.05) is 0 Å². The van der Waals surface area contributed by atoms with Gasteiger partial charge in [-0.2, -0.15) is 0 Å². The largest absolute Gasteiger partial charge is 0.354 e. The highest BCUT2D eigenvalue weighted by Gasteiger charge is 2.15. The zero-order valence-corrected chi connectivity index (χ0v) is 16.2. The molecule has 0 spiro atoms. The number of aryl methyl sites for hydroxylation is 1. The Kier molecular flexibility index (Phi) is 4.77. The van der Waals surface area contributed by atoms with Crippen LogP contribution in [0.25, 0.3) is 32.9 Å².